The predicted molar refractivity (Wildman–Crippen MR) is 83.6 cm³/mol. The lowest BCUT2D eigenvalue weighted by molar-refractivity contribution is -0.135. The monoisotopic (exact) mass is 328 g/mol. The van der Waals surface area contributed by atoms with Crippen LogP contribution < -0.4 is 0 Å². The Labute approximate surface area is 132 Å². The lowest BCUT2D eigenvalue weighted by Crippen LogP contribution is -2.48. The Morgan fingerprint density at radius 1 is 1.45 bits per heavy atom. The maximum atomic E-state index is 12.5. The molecule has 1 aliphatic heterocycles. The van der Waals surface area contributed by atoms with Gasteiger partial charge in [0.2, 0.25) is 15.9 Å². The number of rotatable bonds is 6. The zero-order chi connectivity index (χ0) is 16.2. The van der Waals surface area contributed by atoms with E-state index in [1.54, 1.807) is 12.1 Å². The van der Waals surface area contributed by atoms with Crippen molar-refractivity contribution in [2.75, 3.05) is 19.3 Å². The van der Waals surface area contributed by atoms with E-state index in [-0.39, 0.29) is 25.0 Å². The topological polar surface area (TPSA) is 70.8 Å². The van der Waals surface area contributed by atoms with Crippen LogP contribution in [0, 0.1) is 0 Å². The number of likely N-dealkylation sites (tertiary alicyclic amines) is 1. The Kier molecular flexibility index (Phi) is 5.63. The number of hydrogen-bond donors (Lipinski definition) is 0. The summed E-state index contributed by atoms with van der Waals surface area (Å²) >= 11 is 0. The van der Waals surface area contributed by atoms with Gasteiger partial charge in [0.15, 0.2) is 0 Å². The van der Waals surface area contributed by atoms with Crippen LogP contribution in [0.25, 0.3) is 0 Å². The molecule has 1 amide bonds. The van der Waals surface area contributed by atoms with E-state index in [1.165, 1.54) is 10.6 Å². The number of hydrogen-bond acceptors (Lipinski definition) is 4. The van der Waals surface area contributed by atoms with Crippen molar-refractivity contribution in [2.45, 2.75) is 45.2 Å². The maximum Gasteiger partial charge on any atom is 0.238 e. The molecule has 6 nitrogen and oxygen atoms in total. The molecule has 0 spiro atoms. The molecule has 1 aliphatic rings. The van der Waals surface area contributed by atoms with Gasteiger partial charge in [0, 0.05) is 12.6 Å². The number of sulfonamides is 1. The van der Waals surface area contributed by atoms with E-state index in [0.29, 0.717) is 5.76 Å². The van der Waals surface area contributed by atoms with Gasteiger partial charge in [-0.05, 0) is 37.8 Å². The van der Waals surface area contributed by atoms with E-state index in [2.05, 4.69) is 6.92 Å². The molecule has 124 valence electrons. The van der Waals surface area contributed by atoms with Crippen molar-refractivity contribution in [2.24, 2.45) is 0 Å². The minimum absolute atomic E-state index is 0.0855. The summed E-state index contributed by atoms with van der Waals surface area (Å²) in [5.74, 6) is 0.410. The second-order valence-electron chi connectivity index (χ2n) is 5.76. The first-order valence-electron chi connectivity index (χ1n) is 7.68. The molecule has 1 atom stereocenters. The molecular weight excluding hydrogens is 304 g/mol. The molecule has 2 heterocycles. The van der Waals surface area contributed by atoms with E-state index in [4.69, 9.17) is 4.42 Å². The highest BCUT2D eigenvalue weighted by atomic mass is 32.2. The zero-order valence-electron chi connectivity index (χ0n) is 13.2. The summed E-state index contributed by atoms with van der Waals surface area (Å²) in [6.45, 7) is 2.74. The fraction of sp³-hybridized carbons (Fsp3) is 0.667. The van der Waals surface area contributed by atoms with Crippen molar-refractivity contribution in [3.63, 3.8) is 0 Å². The summed E-state index contributed by atoms with van der Waals surface area (Å²) < 4.78 is 30.3. The Balaban J connectivity index is 2.07. The Hall–Kier alpha value is -1.34. The Morgan fingerprint density at radius 3 is 2.82 bits per heavy atom. The van der Waals surface area contributed by atoms with Crippen molar-refractivity contribution in [1.82, 2.24) is 9.21 Å². The number of furan rings is 1. The van der Waals surface area contributed by atoms with Gasteiger partial charge in [-0.15, -0.1) is 0 Å². The summed E-state index contributed by atoms with van der Waals surface area (Å²) in [7, 11) is -3.47. The van der Waals surface area contributed by atoms with Gasteiger partial charge in [0.1, 0.15) is 5.76 Å². The van der Waals surface area contributed by atoms with Gasteiger partial charge in [-0.1, -0.05) is 6.92 Å². The number of amides is 1. The molecule has 1 aromatic rings. The van der Waals surface area contributed by atoms with Gasteiger partial charge >= 0.3 is 0 Å². The van der Waals surface area contributed by atoms with Gasteiger partial charge < -0.3 is 9.32 Å². The van der Waals surface area contributed by atoms with Crippen LogP contribution in [0.1, 0.15) is 38.4 Å². The van der Waals surface area contributed by atoms with E-state index in [9.17, 15) is 13.2 Å². The van der Waals surface area contributed by atoms with E-state index in [1.807, 2.05) is 4.90 Å². The molecule has 2 rings (SSSR count). The summed E-state index contributed by atoms with van der Waals surface area (Å²) in [5.41, 5.74) is 0. The minimum Gasteiger partial charge on any atom is -0.468 e. The number of nitrogens with zero attached hydrogens (tertiary/aromatic N) is 2. The third-order valence-electron chi connectivity index (χ3n) is 4.11. The fourth-order valence-corrected chi connectivity index (χ4v) is 3.57. The fourth-order valence-electron chi connectivity index (χ4n) is 2.86. The lowest BCUT2D eigenvalue weighted by atomic mass is 10.00. The van der Waals surface area contributed by atoms with Crippen LogP contribution in [0.3, 0.4) is 0 Å². The second kappa shape index (κ2) is 7.28. The van der Waals surface area contributed by atoms with Crippen molar-refractivity contribution >= 4 is 15.9 Å². The average Bonchev–Trinajstić information content (AvgIpc) is 2.98. The van der Waals surface area contributed by atoms with Gasteiger partial charge in [-0.2, -0.15) is 4.31 Å². The van der Waals surface area contributed by atoms with Crippen LogP contribution >= 0.6 is 0 Å². The van der Waals surface area contributed by atoms with Crippen LogP contribution in [0.15, 0.2) is 22.8 Å². The van der Waals surface area contributed by atoms with Crippen molar-refractivity contribution in [1.29, 1.82) is 0 Å². The standard InChI is InChI=1S/C15H24N2O4S/c1-3-13-7-4-5-9-17(13)15(18)12-16(22(2,19)20)11-14-8-6-10-21-14/h6,8,10,13H,3-5,7,9,11-12H2,1-2H3. The molecule has 0 bridgehead atoms. The molecule has 1 saturated heterocycles. The van der Waals surface area contributed by atoms with Crippen LogP contribution in [-0.2, 0) is 21.4 Å². The quantitative estimate of drug-likeness (QED) is 0.799. The predicted octanol–water partition coefficient (Wildman–Crippen LogP) is 1.83. The molecule has 1 unspecified atom stereocenters. The normalized spacial score (nSPS) is 19.6. The molecule has 22 heavy (non-hydrogen) atoms. The van der Waals surface area contributed by atoms with E-state index >= 15 is 0 Å². The lowest BCUT2D eigenvalue weighted by Gasteiger charge is -2.36. The van der Waals surface area contributed by atoms with Gasteiger partial charge in [-0.25, -0.2) is 8.42 Å². The highest BCUT2D eigenvalue weighted by Crippen LogP contribution is 2.20. The first-order chi connectivity index (χ1) is 10.4. The molecule has 1 aromatic heterocycles. The molecular formula is C15H24N2O4S. The van der Waals surface area contributed by atoms with E-state index < -0.39 is 10.0 Å². The van der Waals surface area contributed by atoms with Gasteiger partial charge in [0.25, 0.3) is 0 Å². The largest absolute Gasteiger partial charge is 0.468 e. The average molecular weight is 328 g/mol. The van der Waals surface area contributed by atoms with Crippen LogP contribution in [0.4, 0.5) is 0 Å². The van der Waals surface area contributed by atoms with Gasteiger partial charge in [-0.3, -0.25) is 4.79 Å². The summed E-state index contributed by atoms with van der Waals surface area (Å²) in [6.07, 6.45) is 6.64. The summed E-state index contributed by atoms with van der Waals surface area (Å²) in [5, 5.41) is 0. The first kappa shape index (κ1) is 17.0. The molecule has 0 saturated carbocycles. The Morgan fingerprint density at radius 2 is 2.23 bits per heavy atom. The Bertz CT molecular complexity index is 583. The van der Waals surface area contributed by atoms with Crippen LogP contribution in [0.5, 0.6) is 0 Å². The third-order valence-corrected chi connectivity index (χ3v) is 5.31. The molecule has 0 aromatic carbocycles. The second-order valence-corrected chi connectivity index (χ2v) is 7.74. The smallest absolute Gasteiger partial charge is 0.238 e. The van der Waals surface area contributed by atoms with Gasteiger partial charge in [0.05, 0.1) is 25.6 Å². The molecule has 7 heteroatoms. The first-order valence-corrected chi connectivity index (χ1v) is 9.53. The third kappa shape index (κ3) is 4.33. The SMILES string of the molecule is CCC1CCCCN1C(=O)CN(Cc1ccco1)S(C)(=O)=O. The summed E-state index contributed by atoms with van der Waals surface area (Å²) in [6, 6.07) is 3.64. The van der Waals surface area contributed by atoms with Crippen molar-refractivity contribution in [3.05, 3.63) is 24.2 Å². The highest BCUT2D eigenvalue weighted by molar-refractivity contribution is 7.88. The molecule has 1 fully saturated rings. The number of carbonyl (C=O) groups is 1. The number of piperidine rings is 1. The molecule has 0 N–H and O–H groups in total. The summed E-state index contributed by atoms with van der Waals surface area (Å²) in [4.78, 5) is 14.4. The maximum absolute atomic E-state index is 12.5. The van der Waals surface area contributed by atoms with Crippen molar-refractivity contribution < 1.29 is 17.6 Å². The molecule has 0 radical (unpaired) electrons. The van der Waals surface area contributed by atoms with Crippen molar-refractivity contribution in [3.8, 4) is 0 Å². The number of carbonyl (C=O) groups excluding carboxylic acids is 1. The molecule has 0 aliphatic carbocycles. The highest BCUT2D eigenvalue weighted by Gasteiger charge is 2.29. The zero-order valence-corrected chi connectivity index (χ0v) is 14.0. The van der Waals surface area contributed by atoms with E-state index in [0.717, 1.165) is 38.5 Å². The van der Waals surface area contributed by atoms with Crippen LogP contribution in [0.2, 0.25) is 0 Å². The minimum atomic E-state index is -3.47. The van der Waals surface area contributed by atoms with Crippen LogP contribution in [-0.4, -0.2) is 48.9 Å².